The van der Waals surface area contributed by atoms with Crippen molar-refractivity contribution in [1.82, 2.24) is 4.98 Å². The molecule has 0 saturated carbocycles. The summed E-state index contributed by atoms with van der Waals surface area (Å²) in [6, 6.07) is 17.3. The minimum Gasteiger partial charge on any atom is -0.507 e. The maximum absolute atomic E-state index is 13.7. The van der Waals surface area contributed by atoms with Crippen LogP contribution in [-0.2, 0) is 16.0 Å². The van der Waals surface area contributed by atoms with Gasteiger partial charge in [0.2, 0.25) is 0 Å². The Morgan fingerprint density at radius 1 is 1.07 bits per heavy atom. The normalized spacial score (nSPS) is 19.3. The van der Waals surface area contributed by atoms with Crippen LogP contribution in [0.1, 0.15) is 56.3 Å². The number of anilines is 1. The Morgan fingerprint density at radius 2 is 1.90 bits per heavy atom. The fourth-order valence-corrected chi connectivity index (χ4v) is 6.45. The van der Waals surface area contributed by atoms with E-state index in [0.717, 1.165) is 28.9 Å². The highest BCUT2D eigenvalue weighted by molar-refractivity contribution is 7.22. The van der Waals surface area contributed by atoms with Crippen LogP contribution >= 0.6 is 11.3 Å². The van der Waals surface area contributed by atoms with Gasteiger partial charge in [0.15, 0.2) is 5.13 Å². The van der Waals surface area contributed by atoms with E-state index >= 15 is 0 Å². The van der Waals surface area contributed by atoms with Gasteiger partial charge in [-0.1, -0.05) is 36.8 Å². The minimum atomic E-state index is -0.907. The highest BCUT2D eigenvalue weighted by atomic mass is 32.1. The summed E-state index contributed by atoms with van der Waals surface area (Å²) in [6.45, 7) is 7.06. The van der Waals surface area contributed by atoms with Gasteiger partial charge in [-0.25, -0.2) is 4.98 Å². The first kappa shape index (κ1) is 27.8. The zero-order valence-electron chi connectivity index (χ0n) is 23.8. The van der Waals surface area contributed by atoms with Gasteiger partial charge in [0.1, 0.15) is 29.1 Å². The highest BCUT2D eigenvalue weighted by Gasteiger charge is 2.48. The molecule has 3 aromatic carbocycles. The molecule has 42 heavy (non-hydrogen) atoms. The molecule has 0 spiro atoms. The second-order valence-corrected chi connectivity index (χ2v) is 11.5. The van der Waals surface area contributed by atoms with Crippen molar-refractivity contribution < 1.29 is 28.9 Å². The zero-order chi connectivity index (χ0) is 29.4. The maximum Gasteiger partial charge on any atom is 0.301 e. The second kappa shape index (κ2) is 11.5. The summed E-state index contributed by atoms with van der Waals surface area (Å²) in [4.78, 5) is 33.6. The average molecular weight is 585 g/mol. The summed E-state index contributed by atoms with van der Waals surface area (Å²) < 4.78 is 18.2. The Morgan fingerprint density at radius 3 is 2.71 bits per heavy atom. The first-order valence-corrected chi connectivity index (χ1v) is 15.1. The van der Waals surface area contributed by atoms with Crippen molar-refractivity contribution in [1.29, 1.82) is 0 Å². The molecule has 2 aliphatic rings. The van der Waals surface area contributed by atoms with Crippen LogP contribution in [0.5, 0.6) is 17.2 Å². The molecular formula is C33H32N2O6S. The average Bonchev–Trinajstić information content (AvgIpc) is 3.65. The van der Waals surface area contributed by atoms with Crippen molar-refractivity contribution in [3.05, 3.63) is 82.9 Å². The van der Waals surface area contributed by atoms with Crippen molar-refractivity contribution in [2.75, 3.05) is 18.1 Å². The van der Waals surface area contributed by atoms with E-state index in [9.17, 15) is 14.7 Å². The van der Waals surface area contributed by atoms with Crippen LogP contribution in [0.25, 0.3) is 16.0 Å². The molecule has 9 heteroatoms. The number of amides is 1. The number of carbonyl (C=O) groups excluding carboxylic acids is 2. The van der Waals surface area contributed by atoms with E-state index in [1.54, 1.807) is 12.1 Å². The molecule has 3 heterocycles. The van der Waals surface area contributed by atoms with Crippen LogP contribution in [0.4, 0.5) is 5.13 Å². The van der Waals surface area contributed by atoms with Crippen molar-refractivity contribution in [3.8, 4) is 17.2 Å². The molecular weight excluding hydrogens is 552 g/mol. The third-order valence-corrected chi connectivity index (χ3v) is 8.44. The van der Waals surface area contributed by atoms with E-state index in [4.69, 9.17) is 19.2 Å². The van der Waals surface area contributed by atoms with E-state index < -0.39 is 17.7 Å². The predicted octanol–water partition coefficient (Wildman–Crippen LogP) is 6.82. The van der Waals surface area contributed by atoms with Gasteiger partial charge in [0.05, 0.1) is 35.0 Å². The van der Waals surface area contributed by atoms with E-state index in [1.165, 1.54) is 16.2 Å². The molecule has 0 unspecified atom stereocenters. The number of thiazole rings is 1. The Balaban J connectivity index is 1.48. The molecule has 1 aromatic heterocycles. The lowest BCUT2D eigenvalue weighted by atomic mass is 9.94. The predicted molar refractivity (Wildman–Crippen MR) is 163 cm³/mol. The number of aliphatic hydroxyl groups excluding tert-OH is 1. The van der Waals surface area contributed by atoms with E-state index in [1.807, 2.05) is 62.4 Å². The number of ketones is 1. The van der Waals surface area contributed by atoms with Gasteiger partial charge in [0, 0.05) is 12.0 Å². The summed E-state index contributed by atoms with van der Waals surface area (Å²) in [5, 5.41) is 12.0. The Kier molecular flexibility index (Phi) is 7.60. The number of hydrogen-bond acceptors (Lipinski definition) is 8. The molecule has 216 valence electrons. The lowest BCUT2D eigenvalue weighted by Crippen LogP contribution is -2.29. The lowest BCUT2D eigenvalue weighted by Gasteiger charge is -2.23. The van der Waals surface area contributed by atoms with Crippen molar-refractivity contribution in [2.24, 2.45) is 0 Å². The van der Waals surface area contributed by atoms with Gasteiger partial charge in [-0.3, -0.25) is 14.5 Å². The first-order chi connectivity index (χ1) is 20.4. The van der Waals surface area contributed by atoms with Crippen molar-refractivity contribution in [3.63, 3.8) is 0 Å². The fraction of sp³-hybridized carbons (Fsp3) is 0.303. The SMILES string of the molecule is CCCCOc1cccc([C@H]2/C(=C(\O)c3ccc4c(c3)C[C@H](C)O4)C(=O)C(=O)N2c2nc3ccc(OCC)cc3s2)c1. The van der Waals surface area contributed by atoms with Crippen LogP contribution in [0, 0.1) is 0 Å². The molecule has 6 rings (SSSR count). The minimum absolute atomic E-state index is 0.00637. The Bertz CT molecular complexity index is 1710. The van der Waals surface area contributed by atoms with Gasteiger partial charge in [-0.05, 0) is 79.9 Å². The molecule has 2 aliphatic heterocycles. The van der Waals surface area contributed by atoms with Gasteiger partial charge in [-0.15, -0.1) is 0 Å². The molecule has 8 nitrogen and oxygen atoms in total. The van der Waals surface area contributed by atoms with E-state index in [0.29, 0.717) is 52.9 Å². The lowest BCUT2D eigenvalue weighted by molar-refractivity contribution is -0.132. The number of Topliss-reactive ketones (excluding diaryl/α,β-unsaturated/α-hetero) is 1. The summed E-state index contributed by atoms with van der Waals surface area (Å²) in [6.07, 6.45) is 2.62. The van der Waals surface area contributed by atoms with Gasteiger partial charge < -0.3 is 19.3 Å². The van der Waals surface area contributed by atoms with E-state index in [2.05, 4.69) is 6.92 Å². The number of carbonyl (C=O) groups is 2. The van der Waals surface area contributed by atoms with Crippen molar-refractivity contribution in [2.45, 2.75) is 52.2 Å². The van der Waals surface area contributed by atoms with Gasteiger partial charge in [0.25, 0.3) is 5.78 Å². The topological polar surface area (TPSA) is 98.2 Å². The smallest absolute Gasteiger partial charge is 0.301 e. The number of nitrogens with zero attached hydrogens (tertiary/aromatic N) is 2. The standard InChI is InChI=1S/C33H32N2O6S/c1-4-6-14-40-23-9-7-8-20(17-23)29-28(30(36)21-10-13-26-22(16-21)15-19(3)41-26)31(37)32(38)35(29)33-34-25-12-11-24(39-5-2)18-27(25)42-33/h7-13,16-19,29,36H,4-6,14-15H2,1-3H3/b30-28+/t19-,29-/m0/s1. The van der Waals surface area contributed by atoms with Gasteiger partial charge >= 0.3 is 5.91 Å². The number of aromatic nitrogens is 1. The molecule has 0 aliphatic carbocycles. The summed E-state index contributed by atoms with van der Waals surface area (Å²) in [7, 11) is 0. The molecule has 1 saturated heterocycles. The number of aliphatic hydroxyl groups is 1. The first-order valence-electron chi connectivity index (χ1n) is 14.2. The summed E-state index contributed by atoms with van der Waals surface area (Å²) in [5.41, 5.74) is 2.72. The van der Waals surface area contributed by atoms with E-state index in [-0.39, 0.29) is 17.4 Å². The summed E-state index contributed by atoms with van der Waals surface area (Å²) >= 11 is 1.30. The third kappa shape index (κ3) is 5.09. The second-order valence-electron chi connectivity index (χ2n) is 10.5. The molecule has 0 radical (unpaired) electrons. The molecule has 1 N–H and O–H groups in total. The number of ether oxygens (including phenoxy) is 3. The Labute approximate surface area is 248 Å². The third-order valence-electron chi connectivity index (χ3n) is 7.42. The largest absolute Gasteiger partial charge is 0.507 e. The zero-order valence-corrected chi connectivity index (χ0v) is 24.6. The van der Waals surface area contributed by atoms with Crippen LogP contribution in [-0.4, -0.2) is 41.1 Å². The molecule has 4 aromatic rings. The van der Waals surface area contributed by atoms with Crippen molar-refractivity contribution >= 4 is 44.1 Å². The number of rotatable bonds is 9. The Hall–Kier alpha value is -4.37. The van der Waals surface area contributed by atoms with Crippen LogP contribution in [0.2, 0.25) is 0 Å². The number of fused-ring (bicyclic) bond motifs is 2. The monoisotopic (exact) mass is 584 g/mol. The molecule has 1 fully saturated rings. The highest BCUT2D eigenvalue weighted by Crippen LogP contribution is 2.45. The van der Waals surface area contributed by atoms with Crippen LogP contribution in [0.3, 0.4) is 0 Å². The number of unbranched alkanes of at least 4 members (excludes halogenated alkanes) is 1. The van der Waals surface area contributed by atoms with Crippen LogP contribution < -0.4 is 19.1 Å². The molecule has 2 atom stereocenters. The molecule has 1 amide bonds. The maximum atomic E-state index is 13.7. The quantitative estimate of drug-likeness (QED) is 0.0997. The number of hydrogen-bond donors (Lipinski definition) is 1. The van der Waals surface area contributed by atoms with Gasteiger partial charge in [-0.2, -0.15) is 0 Å². The fourth-order valence-electron chi connectivity index (χ4n) is 5.43. The summed E-state index contributed by atoms with van der Waals surface area (Å²) in [5.74, 6) is 0.330. The number of benzene rings is 3. The molecule has 0 bridgehead atoms. The van der Waals surface area contributed by atoms with Crippen LogP contribution in [0.15, 0.2) is 66.2 Å².